The van der Waals surface area contributed by atoms with Crippen LogP contribution in [0.4, 0.5) is 4.79 Å². The van der Waals surface area contributed by atoms with Crippen molar-refractivity contribution < 1.29 is 15.0 Å². The summed E-state index contributed by atoms with van der Waals surface area (Å²) in [6.45, 7) is 1.57. The van der Waals surface area contributed by atoms with Crippen LogP contribution in [0.1, 0.15) is 12.5 Å². The van der Waals surface area contributed by atoms with Gasteiger partial charge in [0.2, 0.25) is 0 Å². The number of amides is 1. The minimum atomic E-state index is -1.11. The molecule has 1 rings (SSSR count). The average molecular weight is 209 g/mol. The van der Waals surface area contributed by atoms with Gasteiger partial charge in [-0.15, -0.1) is 0 Å². The Kier molecular flexibility index (Phi) is 4.12. The van der Waals surface area contributed by atoms with Crippen molar-refractivity contribution in [2.75, 3.05) is 0 Å². The van der Waals surface area contributed by atoms with E-state index in [2.05, 4.69) is 5.32 Å². The number of aliphatic hydroxyl groups excluding tert-OH is 1. The van der Waals surface area contributed by atoms with Crippen molar-refractivity contribution in [3.8, 4) is 0 Å². The molecule has 0 aromatic heterocycles. The molecule has 1 amide bonds. The lowest BCUT2D eigenvalue weighted by Crippen LogP contribution is -2.42. The minimum Gasteiger partial charge on any atom is -0.465 e. The first-order valence-electron chi connectivity index (χ1n) is 4.81. The second kappa shape index (κ2) is 5.36. The largest absolute Gasteiger partial charge is 0.465 e. The number of nitrogens with one attached hydrogen (secondary N) is 1. The topological polar surface area (TPSA) is 69.6 Å². The predicted octanol–water partition coefficient (Wildman–Crippen LogP) is 1.25. The molecule has 1 aromatic rings. The van der Waals surface area contributed by atoms with Crippen LogP contribution in [0.3, 0.4) is 0 Å². The highest BCUT2D eigenvalue weighted by atomic mass is 16.4. The summed E-state index contributed by atoms with van der Waals surface area (Å²) in [6.07, 6.45) is -1.33. The number of hydrogen-bond acceptors (Lipinski definition) is 2. The number of carbonyl (C=O) groups is 1. The van der Waals surface area contributed by atoms with E-state index in [1.165, 1.54) is 0 Å². The Morgan fingerprint density at radius 1 is 1.40 bits per heavy atom. The van der Waals surface area contributed by atoms with Gasteiger partial charge in [0.15, 0.2) is 0 Å². The number of aliphatic hydroxyl groups is 1. The van der Waals surface area contributed by atoms with E-state index in [4.69, 9.17) is 5.11 Å². The van der Waals surface area contributed by atoms with E-state index >= 15 is 0 Å². The van der Waals surface area contributed by atoms with Crippen molar-refractivity contribution in [2.45, 2.75) is 25.5 Å². The molecule has 0 saturated heterocycles. The molecule has 0 fully saturated rings. The second-order valence-electron chi connectivity index (χ2n) is 3.49. The van der Waals surface area contributed by atoms with E-state index < -0.39 is 18.2 Å². The molecule has 0 bridgehead atoms. The van der Waals surface area contributed by atoms with E-state index in [-0.39, 0.29) is 0 Å². The Bertz CT molecular complexity index is 311. The van der Waals surface area contributed by atoms with Crippen molar-refractivity contribution in [1.82, 2.24) is 5.32 Å². The van der Waals surface area contributed by atoms with Gasteiger partial charge < -0.3 is 15.5 Å². The molecule has 2 atom stereocenters. The van der Waals surface area contributed by atoms with Gasteiger partial charge in [-0.1, -0.05) is 30.3 Å². The van der Waals surface area contributed by atoms with Gasteiger partial charge in [-0.25, -0.2) is 4.79 Å². The average Bonchev–Trinajstić information content (AvgIpc) is 2.17. The van der Waals surface area contributed by atoms with E-state index in [1.54, 1.807) is 6.92 Å². The van der Waals surface area contributed by atoms with Crippen LogP contribution in [0, 0.1) is 0 Å². The van der Waals surface area contributed by atoms with Gasteiger partial charge in [0.1, 0.15) is 0 Å². The van der Waals surface area contributed by atoms with Gasteiger partial charge in [-0.05, 0) is 18.9 Å². The smallest absolute Gasteiger partial charge is 0.404 e. The minimum absolute atomic E-state index is 0.468. The first-order valence-corrected chi connectivity index (χ1v) is 4.81. The molecular formula is C11H15NO3. The van der Waals surface area contributed by atoms with E-state index in [1.807, 2.05) is 30.3 Å². The molecule has 0 radical (unpaired) electrons. The maximum atomic E-state index is 10.5. The molecule has 0 spiro atoms. The number of rotatable bonds is 4. The summed E-state index contributed by atoms with van der Waals surface area (Å²) in [7, 11) is 0. The molecule has 0 aliphatic heterocycles. The molecule has 4 nitrogen and oxygen atoms in total. The maximum Gasteiger partial charge on any atom is 0.404 e. The first kappa shape index (κ1) is 11.5. The molecule has 4 heteroatoms. The normalized spacial score (nSPS) is 14.3. The Hall–Kier alpha value is -1.55. The molecular weight excluding hydrogens is 194 g/mol. The van der Waals surface area contributed by atoms with Gasteiger partial charge in [0.25, 0.3) is 0 Å². The molecule has 0 heterocycles. The Labute approximate surface area is 88.6 Å². The lowest BCUT2D eigenvalue weighted by Gasteiger charge is -2.19. The molecule has 0 saturated carbocycles. The third-order valence-corrected chi connectivity index (χ3v) is 2.19. The van der Waals surface area contributed by atoms with Crippen molar-refractivity contribution in [3.63, 3.8) is 0 Å². The fourth-order valence-corrected chi connectivity index (χ4v) is 1.37. The van der Waals surface area contributed by atoms with Gasteiger partial charge in [-0.2, -0.15) is 0 Å². The van der Waals surface area contributed by atoms with Crippen LogP contribution < -0.4 is 5.32 Å². The van der Waals surface area contributed by atoms with Crippen molar-refractivity contribution in [1.29, 1.82) is 0 Å². The fraction of sp³-hybridized carbons (Fsp3) is 0.364. The SMILES string of the molecule is C[C@@H](O)C(Cc1ccccc1)NC(=O)O. The quantitative estimate of drug-likeness (QED) is 0.699. The fourth-order valence-electron chi connectivity index (χ4n) is 1.37. The highest BCUT2D eigenvalue weighted by molar-refractivity contribution is 5.65. The van der Waals surface area contributed by atoms with Crippen molar-refractivity contribution >= 4 is 6.09 Å². The van der Waals surface area contributed by atoms with Gasteiger partial charge >= 0.3 is 6.09 Å². The van der Waals surface area contributed by atoms with Crippen LogP contribution >= 0.6 is 0 Å². The third kappa shape index (κ3) is 3.99. The standard InChI is InChI=1S/C11H15NO3/c1-8(13)10(12-11(14)15)7-9-5-3-2-4-6-9/h2-6,8,10,12-13H,7H2,1H3,(H,14,15)/t8-,10?/m1/s1. The van der Waals surface area contributed by atoms with Gasteiger partial charge in [-0.3, -0.25) is 0 Å². The predicted molar refractivity (Wildman–Crippen MR) is 56.8 cm³/mol. The molecule has 1 aromatic carbocycles. The molecule has 0 aliphatic carbocycles. The zero-order valence-electron chi connectivity index (χ0n) is 8.55. The highest BCUT2D eigenvalue weighted by Gasteiger charge is 2.17. The van der Waals surface area contributed by atoms with Crippen LogP contribution in [0.5, 0.6) is 0 Å². The Balaban J connectivity index is 2.63. The summed E-state index contributed by atoms with van der Waals surface area (Å²) >= 11 is 0. The molecule has 15 heavy (non-hydrogen) atoms. The highest BCUT2D eigenvalue weighted by Crippen LogP contribution is 2.05. The summed E-state index contributed by atoms with van der Waals surface area (Å²) in [5.74, 6) is 0. The van der Waals surface area contributed by atoms with Gasteiger partial charge in [0.05, 0.1) is 12.1 Å². The first-order chi connectivity index (χ1) is 7.09. The summed E-state index contributed by atoms with van der Waals surface area (Å²) in [5, 5.41) is 20.3. The van der Waals surface area contributed by atoms with Crippen LogP contribution in [-0.4, -0.2) is 28.5 Å². The second-order valence-corrected chi connectivity index (χ2v) is 3.49. The van der Waals surface area contributed by atoms with Crippen molar-refractivity contribution in [2.24, 2.45) is 0 Å². The van der Waals surface area contributed by atoms with Crippen LogP contribution in [0.25, 0.3) is 0 Å². The van der Waals surface area contributed by atoms with E-state index in [0.29, 0.717) is 6.42 Å². The lowest BCUT2D eigenvalue weighted by molar-refractivity contribution is 0.133. The summed E-state index contributed by atoms with van der Waals surface area (Å²) in [6, 6.07) is 9.00. The number of hydrogen-bond donors (Lipinski definition) is 3. The Morgan fingerprint density at radius 3 is 2.47 bits per heavy atom. The van der Waals surface area contributed by atoms with Crippen LogP contribution in [0.15, 0.2) is 30.3 Å². The summed E-state index contributed by atoms with van der Waals surface area (Å²) in [5.41, 5.74) is 0.997. The van der Waals surface area contributed by atoms with Gasteiger partial charge in [0, 0.05) is 0 Å². The van der Waals surface area contributed by atoms with E-state index in [0.717, 1.165) is 5.56 Å². The Morgan fingerprint density at radius 2 is 2.00 bits per heavy atom. The number of benzene rings is 1. The third-order valence-electron chi connectivity index (χ3n) is 2.19. The molecule has 1 unspecified atom stereocenters. The summed E-state index contributed by atoms with van der Waals surface area (Å²) in [4.78, 5) is 10.5. The monoisotopic (exact) mass is 209 g/mol. The van der Waals surface area contributed by atoms with Crippen molar-refractivity contribution in [3.05, 3.63) is 35.9 Å². The van der Waals surface area contributed by atoms with E-state index in [9.17, 15) is 9.90 Å². The van der Waals surface area contributed by atoms with Crippen LogP contribution in [0.2, 0.25) is 0 Å². The molecule has 0 aliphatic rings. The lowest BCUT2D eigenvalue weighted by atomic mass is 10.0. The zero-order valence-corrected chi connectivity index (χ0v) is 8.55. The molecule has 82 valence electrons. The maximum absolute atomic E-state index is 10.5. The summed E-state index contributed by atoms with van der Waals surface area (Å²) < 4.78 is 0. The zero-order chi connectivity index (χ0) is 11.3. The van der Waals surface area contributed by atoms with Crippen LogP contribution in [-0.2, 0) is 6.42 Å². The number of carboxylic acid groups (broad SMARTS) is 1. The molecule has 3 N–H and O–H groups in total.